The number of hydrogen-bond acceptors (Lipinski definition) is 4. The Morgan fingerprint density at radius 3 is 2.50 bits per heavy atom. The molecule has 0 radical (unpaired) electrons. The molecule has 0 aliphatic rings. The van der Waals surface area contributed by atoms with Gasteiger partial charge in [0, 0.05) is 4.29 Å². The predicted octanol–water partition coefficient (Wildman–Crippen LogP) is 1.11. The fourth-order valence-corrected chi connectivity index (χ4v) is 0.686. The molecule has 0 aliphatic heterocycles. The summed E-state index contributed by atoms with van der Waals surface area (Å²) in [5.74, 6) is 0. The van der Waals surface area contributed by atoms with E-state index in [-0.39, 0.29) is 0 Å². The molecule has 1 rings (SSSR count). The first kappa shape index (κ1) is 3.89. The Hall–Kier alpha value is -0.290. The highest BCUT2D eigenvalue weighted by molar-refractivity contribution is 7.73. The minimum Gasteiger partial charge on any atom is -0.391 e. The van der Waals surface area contributed by atoms with Crippen molar-refractivity contribution in [3.8, 4) is 0 Å². The van der Waals surface area contributed by atoms with Crippen molar-refractivity contribution in [3.05, 3.63) is 4.02 Å². The van der Waals surface area contributed by atoms with Gasteiger partial charge < -0.3 is 9.73 Å². The summed E-state index contributed by atoms with van der Waals surface area (Å²) < 4.78 is 5.18. The van der Waals surface area contributed by atoms with Crippen molar-refractivity contribution in [2.24, 2.45) is 0 Å². The highest BCUT2D eigenvalue weighted by atomic mass is 32.2. The summed E-state index contributed by atoms with van der Waals surface area (Å²) >= 11 is 5.38. The first-order valence-electron chi connectivity index (χ1n) is 1.18. The van der Waals surface area contributed by atoms with Crippen molar-refractivity contribution in [3.63, 3.8) is 0 Å². The summed E-state index contributed by atoms with van der Waals surface area (Å²) in [6, 6.07) is 0. The molecular weight excluding hydrogens is 122 g/mol. The smallest absolute Gasteiger partial charge is 0.300 e. The molecule has 0 saturated carbocycles. The van der Waals surface area contributed by atoms with Crippen molar-refractivity contribution in [2.45, 2.75) is 0 Å². The van der Waals surface area contributed by atoms with Crippen LogP contribution in [0.25, 0.3) is 0 Å². The Morgan fingerprint density at radius 1 is 2.00 bits per heavy atom. The average Bonchev–Trinajstić information content (AvgIpc) is 1.33. The zero-order valence-corrected chi connectivity index (χ0v) is 4.25. The van der Waals surface area contributed by atoms with Gasteiger partial charge in [-0.25, -0.2) is 0 Å². The Balaban J connectivity index is 3.06. The highest BCUT2D eigenvalue weighted by Crippen LogP contribution is 2.00. The van der Waals surface area contributed by atoms with Crippen molar-refractivity contribution in [1.29, 1.82) is 0 Å². The van der Waals surface area contributed by atoms with E-state index in [1.165, 1.54) is 0 Å². The van der Waals surface area contributed by atoms with E-state index in [4.69, 9.17) is 5.21 Å². The van der Waals surface area contributed by atoms with Gasteiger partial charge in [-0.3, -0.25) is 0 Å². The monoisotopic (exact) mass is 123 g/mol. The van der Waals surface area contributed by atoms with Gasteiger partial charge in [0.05, 0.1) is 11.5 Å². The van der Waals surface area contributed by atoms with E-state index in [0.29, 0.717) is 8.31 Å². The molecule has 6 heavy (non-hydrogen) atoms. The lowest BCUT2D eigenvalue weighted by Crippen LogP contribution is -1.86. The van der Waals surface area contributed by atoms with Gasteiger partial charge in [-0.15, -0.1) is 0 Å². The van der Waals surface area contributed by atoms with E-state index in [1.54, 1.807) is 0 Å². The second kappa shape index (κ2) is 1.09. The lowest BCUT2D eigenvalue weighted by Gasteiger charge is -1.89. The van der Waals surface area contributed by atoms with Gasteiger partial charge in [-0.2, -0.15) is 0 Å². The summed E-state index contributed by atoms with van der Waals surface area (Å²) in [6.07, 6.45) is 0. The van der Waals surface area contributed by atoms with E-state index >= 15 is 0 Å². The average molecular weight is 123 g/mol. The standard InChI is InChI=1S/CHNO2S2/c3-2-4-1(5)6-2/h3H. The fourth-order valence-electron chi connectivity index (χ4n) is 0.134. The molecule has 0 aromatic carbocycles. The van der Waals surface area contributed by atoms with Gasteiger partial charge in [0.25, 0.3) is 4.02 Å². The Labute approximate surface area is 42.5 Å². The second-order valence-corrected chi connectivity index (χ2v) is 2.17. The fraction of sp³-hybridized carbons (Fsp3) is 0. The van der Waals surface area contributed by atoms with Gasteiger partial charge in [0.2, 0.25) is 0 Å². The second-order valence-electron chi connectivity index (χ2n) is 0.670. The molecule has 3 nitrogen and oxygen atoms in total. The third-order valence-electron chi connectivity index (χ3n) is 0.305. The van der Waals surface area contributed by atoms with E-state index in [1.807, 2.05) is 0 Å². The molecule has 0 saturated heterocycles. The van der Waals surface area contributed by atoms with Crippen LogP contribution in [0.3, 0.4) is 0 Å². The molecule has 5 heteroatoms. The molecule has 1 aromatic rings. The van der Waals surface area contributed by atoms with Crippen LogP contribution in [0.1, 0.15) is 0 Å². The van der Waals surface area contributed by atoms with Crippen LogP contribution >= 0.6 is 23.8 Å². The largest absolute Gasteiger partial charge is 0.391 e. The van der Waals surface area contributed by atoms with Crippen LogP contribution in [0.5, 0.6) is 0 Å². The normalized spacial score (nSPS) is 9.33. The molecule has 0 unspecified atom stereocenters. The first-order chi connectivity index (χ1) is 2.79. The molecule has 1 aromatic heterocycles. The zero-order valence-electron chi connectivity index (χ0n) is 2.62. The van der Waals surface area contributed by atoms with Crippen molar-refractivity contribution >= 4 is 23.8 Å². The van der Waals surface area contributed by atoms with Gasteiger partial charge >= 0.3 is 0 Å². The van der Waals surface area contributed by atoms with Crippen LogP contribution in [0, 0.1) is 4.02 Å². The van der Waals surface area contributed by atoms with Gasteiger partial charge in [-0.1, -0.05) is 0 Å². The topological polar surface area (TPSA) is 38.3 Å². The van der Waals surface area contributed by atoms with Crippen LogP contribution in [0.4, 0.5) is 0 Å². The third kappa shape index (κ3) is 0.458. The molecule has 34 valence electrons. The summed E-state index contributed by atoms with van der Waals surface area (Å²) in [5, 5.41) is 8.10. The van der Waals surface area contributed by atoms with Gasteiger partial charge in [-0.05, 0) is 12.2 Å². The predicted molar refractivity (Wildman–Crippen MR) is 22.6 cm³/mol. The van der Waals surface area contributed by atoms with E-state index in [9.17, 15) is 0 Å². The van der Waals surface area contributed by atoms with E-state index < -0.39 is 0 Å². The summed E-state index contributed by atoms with van der Waals surface area (Å²) in [4.78, 5) is 0. The van der Waals surface area contributed by atoms with Crippen molar-refractivity contribution in [2.75, 3.05) is 0 Å². The number of nitrogens with zero attached hydrogens (tertiary/aromatic N) is 1. The van der Waals surface area contributed by atoms with Crippen LogP contribution in [0.15, 0.2) is 4.52 Å². The first-order valence-corrected chi connectivity index (χ1v) is 2.36. The van der Waals surface area contributed by atoms with Gasteiger partial charge in [0.1, 0.15) is 0 Å². The van der Waals surface area contributed by atoms with Crippen molar-refractivity contribution in [1.82, 2.24) is 4.29 Å². The Morgan fingerprint density at radius 2 is 2.50 bits per heavy atom. The van der Waals surface area contributed by atoms with Crippen LogP contribution in [-0.2, 0) is 0 Å². The van der Waals surface area contributed by atoms with E-state index in [2.05, 4.69) is 16.7 Å². The zero-order chi connectivity index (χ0) is 4.57. The lowest BCUT2D eigenvalue weighted by molar-refractivity contribution is 0.0182. The summed E-state index contributed by atoms with van der Waals surface area (Å²) in [5.41, 5.74) is 0. The van der Waals surface area contributed by atoms with Crippen LogP contribution in [0.2, 0.25) is 0 Å². The molecule has 1 heterocycles. The van der Waals surface area contributed by atoms with Crippen molar-refractivity contribution < 1.29 is 9.73 Å². The van der Waals surface area contributed by atoms with E-state index in [0.717, 1.165) is 11.5 Å². The SMILES string of the molecule is On1oc(=S)s1. The Bertz CT molecular complexity index is 155. The molecule has 0 bridgehead atoms. The Kier molecular flexibility index (Phi) is 0.706. The molecular formula is CHNO2S2. The maximum absolute atomic E-state index is 8.10. The highest BCUT2D eigenvalue weighted by Gasteiger charge is 1.87. The maximum atomic E-state index is 8.10. The number of aromatic nitrogens is 1. The quantitative estimate of drug-likeness (QED) is 0.415. The van der Waals surface area contributed by atoms with Gasteiger partial charge in [0.15, 0.2) is 0 Å². The number of hydrogen-bond donors (Lipinski definition) is 1. The van der Waals surface area contributed by atoms with Crippen LogP contribution < -0.4 is 0 Å². The molecule has 0 fully saturated rings. The third-order valence-corrected chi connectivity index (χ3v) is 1.06. The molecule has 0 aliphatic carbocycles. The lowest BCUT2D eigenvalue weighted by atomic mass is 11.8. The molecule has 0 amide bonds. The number of rotatable bonds is 0. The molecule has 0 atom stereocenters. The molecule has 1 N–H and O–H groups in total. The minimum atomic E-state index is 0.359. The van der Waals surface area contributed by atoms with Crippen LogP contribution in [-0.4, -0.2) is 9.50 Å². The summed E-state index contributed by atoms with van der Waals surface area (Å²) in [6.45, 7) is 0. The molecule has 0 spiro atoms. The maximum Gasteiger partial charge on any atom is 0.300 e. The summed E-state index contributed by atoms with van der Waals surface area (Å²) in [7, 11) is 0. The minimum absolute atomic E-state index is 0.359.